The van der Waals surface area contributed by atoms with Gasteiger partial charge in [-0.15, -0.1) is 0 Å². The summed E-state index contributed by atoms with van der Waals surface area (Å²) < 4.78 is 5.45. The van der Waals surface area contributed by atoms with Crippen molar-refractivity contribution < 1.29 is 9.53 Å². The number of ether oxygens (including phenoxy) is 1. The van der Waals surface area contributed by atoms with Crippen LogP contribution in [0.3, 0.4) is 0 Å². The monoisotopic (exact) mass is 282 g/mol. The zero-order valence-corrected chi connectivity index (χ0v) is 13.4. The van der Waals surface area contributed by atoms with Gasteiger partial charge in [0.15, 0.2) is 0 Å². The van der Waals surface area contributed by atoms with E-state index < -0.39 is 0 Å². The third-order valence-corrected chi connectivity index (χ3v) is 4.82. The molecule has 2 saturated heterocycles. The second-order valence-electron chi connectivity index (χ2n) is 6.63. The summed E-state index contributed by atoms with van der Waals surface area (Å²) in [6.07, 6.45) is 4.34. The van der Waals surface area contributed by atoms with Gasteiger partial charge in [0, 0.05) is 19.3 Å². The summed E-state index contributed by atoms with van der Waals surface area (Å²) >= 11 is 0. The molecule has 0 aromatic carbocycles. The molecule has 0 radical (unpaired) electrons. The first-order valence-corrected chi connectivity index (χ1v) is 8.22. The number of hydrogen-bond acceptors (Lipinski definition) is 3. The van der Waals surface area contributed by atoms with E-state index in [1.54, 1.807) is 0 Å². The van der Waals surface area contributed by atoms with Crippen molar-refractivity contribution in [2.75, 3.05) is 13.2 Å². The van der Waals surface area contributed by atoms with E-state index in [9.17, 15) is 4.79 Å². The molecule has 4 nitrogen and oxygen atoms in total. The van der Waals surface area contributed by atoms with Gasteiger partial charge < -0.3 is 9.64 Å². The second-order valence-corrected chi connectivity index (χ2v) is 6.63. The number of carbonyl (C=O) groups is 1. The molecule has 2 rings (SSSR count). The van der Waals surface area contributed by atoms with Crippen LogP contribution >= 0.6 is 0 Å². The topological polar surface area (TPSA) is 41.6 Å². The summed E-state index contributed by atoms with van der Waals surface area (Å²) in [4.78, 5) is 14.9. The van der Waals surface area contributed by atoms with Crippen molar-refractivity contribution in [3.63, 3.8) is 0 Å². The summed E-state index contributed by atoms with van der Waals surface area (Å²) in [5, 5.41) is 3.56. The van der Waals surface area contributed by atoms with Crippen molar-refractivity contribution in [3.05, 3.63) is 0 Å². The first-order valence-electron chi connectivity index (χ1n) is 8.22. The molecule has 0 aromatic heterocycles. The van der Waals surface area contributed by atoms with Crippen molar-refractivity contribution >= 4 is 5.91 Å². The van der Waals surface area contributed by atoms with Crippen LogP contribution in [0, 0.1) is 11.8 Å². The van der Waals surface area contributed by atoms with Crippen LogP contribution < -0.4 is 5.32 Å². The van der Waals surface area contributed by atoms with Crippen LogP contribution in [0.25, 0.3) is 0 Å². The smallest absolute Gasteiger partial charge is 0.241 e. The highest BCUT2D eigenvalue weighted by molar-refractivity contribution is 5.84. The molecule has 0 saturated carbocycles. The van der Waals surface area contributed by atoms with Crippen molar-refractivity contribution in [1.29, 1.82) is 0 Å². The predicted octanol–water partition coefficient (Wildman–Crippen LogP) is 2.38. The van der Waals surface area contributed by atoms with E-state index >= 15 is 0 Å². The molecule has 0 spiro atoms. The molecule has 1 amide bonds. The molecule has 2 fully saturated rings. The first-order chi connectivity index (χ1) is 9.56. The standard InChI is InChI=1S/C16H30N2O2/c1-5-6-14-16(19)18(15(17-14)11(2)3)12(4)13-7-9-20-10-8-13/h11-15,17H,5-10H2,1-4H3. The maximum atomic E-state index is 12.7. The molecule has 2 heterocycles. The van der Waals surface area contributed by atoms with Crippen molar-refractivity contribution in [2.24, 2.45) is 11.8 Å². The van der Waals surface area contributed by atoms with Crippen LogP contribution in [0.15, 0.2) is 0 Å². The molecule has 2 aliphatic heterocycles. The lowest BCUT2D eigenvalue weighted by Crippen LogP contribution is -2.49. The van der Waals surface area contributed by atoms with E-state index in [1.807, 2.05) is 0 Å². The molecule has 0 aromatic rings. The minimum absolute atomic E-state index is 0.0229. The Bertz CT molecular complexity index is 326. The van der Waals surface area contributed by atoms with Gasteiger partial charge in [0.2, 0.25) is 5.91 Å². The van der Waals surface area contributed by atoms with Crippen molar-refractivity contribution in [3.8, 4) is 0 Å². The molecule has 0 bridgehead atoms. The van der Waals surface area contributed by atoms with Gasteiger partial charge in [0.1, 0.15) is 0 Å². The van der Waals surface area contributed by atoms with E-state index in [1.165, 1.54) is 0 Å². The number of amides is 1. The number of nitrogens with one attached hydrogen (secondary N) is 1. The quantitative estimate of drug-likeness (QED) is 0.842. The first kappa shape index (κ1) is 15.8. The molecular weight excluding hydrogens is 252 g/mol. The van der Waals surface area contributed by atoms with Crippen LogP contribution in [0.5, 0.6) is 0 Å². The summed E-state index contributed by atoms with van der Waals surface area (Å²) in [5.41, 5.74) is 0. The fraction of sp³-hybridized carbons (Fsp3) is 0.938. The van der Waals surface area contributed by atoms with Crippen LogP contribution in [0.4, 0.5) is 0 Å². The minimum Gasteiger partial charge on any atom is -0.381 e. The fourth-order valence-corrected chi connectivity index (χ4v) is 3.56. The van der Waals surface area contributed by atoms with Crippen LogP contribution in [0.2, 0.25) is 0 Å². The number of rotatable bonds is 5. The largest absolute Gasteiger partial charge is 0.381 e. The normalized spacial score (nSPS) is 30.2. The molecule has 20 heavy (non-hydrogen) atoms. The average molecular weight is 282 g/mol. The van der Waals surface area contributed by atoms with Crippen LogP contribution in [-0.4, -0.2) is 42.3 Å². The van der Waals surface area contributed by atoms with Crippen molar-refractivity contribution in [2.45, 2.75) is 71.6 Å². The van der Waals surface area contributed by atoms with Gasteiger partial charge >= 0.3 is 0 Å². The van der Waals surface area contributed by atoms with Crippen LogP contribution in [0.1, 0.15) is 53.4 Å². The Kier molecular flexibility index (Phi) is 5.44. The Labute approximate surface area is 123 Å². The van der Waals surface area contributed by atoms with Gasteiger partial charge in [0.05, 0.1) is 12.2 Å². The molecular formula is C16H30N2O2. The maximum Gasteiger partial charge on any atom is 0.241 e. The van der Waals surface area contributed by atoms with Gasteiger partial charge in [0.25, 0.3) is 0 Å². The molecule has 2 aliphatic rings. The van der Waals surface area contributed by atoms with E-state index in [-0.39, 0.29) is 12.2 Å². The lowest BCUT2D eigenvalue weighted by atomic mass is 9.91. The molecule has 3 unspecified atom stereocenters. The fourth-order valence-electron chi connectivity index (χ4n) is 3.56. The zero-order chi connectivity index (χ0) is 14.7. The summed E-state index contributed by atoms with van der Waals surface area (Å²) in [6.45, 7) is 10.4. The Morgan fingerprint density at radius 2 is 1.95 bits per heavy atom. The Hall–Kier alpha value is -0.610. The van der Waals surface area contributed by atoms with E-state index in [2.05, 4.69) is 37.9 Å². The number of carbonyl (C=O) groups excluding carboxylic acids is 1. The zero-order valence-electron chi connectivity index (χ0n) is 13.4. The number of nitrogens with zero attached hydrogens (tertiary/aromatic N) is 1. The third kappa shape index (κ3) is 3.17. The molecule has 4 heteroatoms. The lowest BCUT2D eigenvalue weighted by molar-refractivity contribution is -0.134. The van der Waals surface area contributed by atoms with Gasteiger partial charge in [-0.25, -0.2) is 0 Å². The van der Waals surface area contributed by atoms with Gasteiger partial charge in [-0.3, -0.25) is 10.1 Å². The Morgan fingerprint density at radius 3 is 2.50 bits per heavy atom. The van der Waals surface area contributed by atoms with Crippen LogP contribution in [-0.2, 0) is 9.53 Å². The highest BCUT2D eigenvalue weighted by atomic mass is 16.5. The highest BCUT2D eigenvalue weighted by Crippen LogP contribution is 2.29. The third-order valence-electron chi connectivity index (χ3n) is 4.82. The number of hydrogen-bond donors (Lipinski definition) is 1. The van der Waals surface area contributed by atoms with E-state index in [4.69, 9.17) is 4.74 Å². The summed E-state index contributed by atoms with van der Waals surface area (Å²) in [6, 6.07) is 0.336. The van der Waals surface area contributed by atoms with Gasteiger partial charge in [-0.05, 0) is 38.0 Å². The minimum atomic E-state index is 0.0229. The highest BCUT2D eigenvalue weighted by Gasteiger charge is 2.43. The maximum absolute atomic E-state index is 12.7. The Morgan fingerprint density at radius 1 is 1.30 bits per heavy atom. The van der Waals surface area contributed by atoms with E-state index in [0.29, 0.717) is 23.8 Å². The second kappa shape index (κ2) is 6.90. The lowest BCUT2D eigenvalue weighted by Gasteiger charge is -2.38. The summed E-state index contributed by atoms with van der Waals surface area (Å²) in [7, 11) is 0. The molecule has 1 N–H and O–H groups in total. The average Bonchev–Trinajstić information content (AvgIpc) is 2.77. The van der Waals surface area contributed by atoms with Gasteiger partial charge in [-0.2, -0.15) is 0 Å². The van der Waals surface area contributed by atoms with E-state index in [0.717, 1.165) is 38.9 Å². The molecule has 3 atom stereocenters. The SMILES string of the molecule is CCCC1NC(C(C)C)N(C(C)C2CCOCC2)C1=O. The molecule has 116 valence electrons. The molecule has 0 aliphatic carbocycles. The summed E-state index contributed by atoms with van der Waals surface area (Å²) in [5.74, 6) is 1.34. The predicted molar refractivity (Wildman–Crippen MR) is 80.3 cm³/mol. The van der Waals surface area contributed by atoms with Crippen molar-refractivity contribution in [1.82, 2.24) is 10.2 Å². The Balaban J connectivity index is 2.10. The van der Waals surface area contributed by atoms with Gasteiger partial charge in [-0.1, -0.05) is 27.2 Å².